The van der Waals surface area contributed by atoms with E-state index in [1.54, 1.807) is 27.0 Å². The number of rotatable bonds is 4. The Morgan fingerprint density at radius 2 is 2.10 bits per heavy atom. The number of aliphatic hydroxyl groups is 1. The van der Waals surface area contributed by atoms with Crippen molar-refractivity contribution in [2.24, 2.45) is 5.41 Å². The topological polar surface area (TPSA) is 78.4 Å². The van der Waals surface area contributed by atoms with Gasteiger partial charge in [0.15, 0.2) is 0 Å². The summed E-state index contributed by atoms with van der Waals surface area (Å²) in [6, 6.07) is 1.76. The van der Waals surface area contributed by atoms with Crippen molar-refractivity contribution in [3.63, 3.8) is 0 Å². The molecule has 0 aliphatic carbocycles. The summed E-state index contributed by atoms with van der Waals surface area (Å²) in [5.74, 6) is 5.03. The Kier molecular flexibility index (Phi) is 5.94. The van der Waals surface area contributed by atoms with Crippen LogP contribution < -0.4 is 10.6 Å². The Morgan fingerprint density at radius 1 is 1.43 bits per heavy atom. The summed E-state index contributed by atoms with van der Waals surface area (Å²) >= 11 is 1.27. The molecule has 1 aromatic heterocycles. The Balaban J connectivity index is 2.75. The molecule has 1 heterocycles. The fourth-order valence-electron chi connectivity index (χ4n) is 1.64. The van der Waals surface area contributed by atoms with E-state index in [4.69, 9.17) is 5.11 Å². The summed E-state index contributed by atoms with van der Waals surface area (Å²) in [5.41, 5.74) is 0.229. The molecule has 0 aliphatic heterocycles. The molecule has 0 unspecified atom stereocenters. The predicted molar refractivity (Wildman–Crippen MR) is 83.2 cm³/mol. The molecule has 3 N–H and O–H groups in total. The van der Waals surface area contributed by atoms with Crippen LogP contribution >= 0.6 is 11.3 Å². The summed E-state index contributed by atoms with van der Waals surface area (Å²) in [7, 11) is 1.57. The van der Waals surface area contributed by atoms with Gasteiger partial charge < -0.3 is 15.7 Å². The highest BCUT2D eigenvalue weighted by Crippen LogP contribution is 2.21. The van der Waals surface area contributed by atoms with Crippen LogP contribution in [0, 0.1) is 24.2 Å². The maximum Gasteiger partial charge on any atom is 0.261 e. The zero-order valence-corrected chi connectivity index (χ0v) is 13.5. The van der Waals surface area contributed by atoms with Crippen molar-refractivity contribution in [1.29, 1.82) is 0 Å². The summed E-state index contributed by atoms with van der Waals surface area (Å²) in [4.78, 5) is 25.1. The van der Waals surface area contributed by atoms with Crippen molar-refractivity contribution in [2.45, 2.75) is 20.8 Å². The Morgan fingerprint density at radius 3 is 2.67 bits per heavy atom. The average molecular weight is 308 g/mol. The summed E-state index contributed by atoms with van der Waals surface area (Å²) < 4.78 is 0. The summed E-state index contributed by atoms with van der Waals surface area (Å²) in [5, 5.41) is 14.0. The Labute approximate surface area is 128 Å². The van der Waals surface area contributed by atoms with Gasteiger partial charge in [0.2, 0.25) is 5.91 Å². The van der Waals surface area contributed by atoms with Crippen molar-refractivity contribution >= 4 is 23.2 Å². The minimum Gasteiger partial charge on any atom is -0.384 e. The molecule has 0 atom stereocenters. The van der Waals surface area contributed by atoms with Crippen molar-refractivity contribution in [2.75, 3.05) is 20.2 Å². The van der Waals surface area contributed by atoms with Crippen LogP contribution in [0.3, 0.4) is 0 Å². The van der Waals surface area contributed by atoms with Crippen LogP contribution in [0.2, 0.25) is 0 Å². The third-order valence-electron chi connectivity index (χ3n) is 2.96. The predicted octanol–water partition coefficient (Wildman–Crippen LogP) is 0.902. The standard InChI is InChI=1S/C15H20N2O3S/c1-10-8-12(21-11(10)6-5-7-18)13(19)17-9-15(2,3)14(20)16-4/h8,18H,7,9H2,1-4H3,(H,16,20)(H,17,19). The summed E-state index contributed by atoms with van der Waals surface area (Å²) in [6.07, 6.45) is 0. The number of hydrogen-bond acceptors (Lipinski definition) is 4. The smallest absolute Gasteiger partial charge is 0.261 e. The van der Waals surface area contributed by atoms with Crippen LogP contribution in [-0.4, -0.2) is 37.1 Å². The van der Waals surface area contributed by atoms with E-state index in [9.17, 15) is 9.59 Å². The number of carbonyl (C=O) groups excluding carboxylic acids is 2. The average Bonchev–Trinajstić information content (AvgIpc) is 2.82. The van der Waals surface area contributed by atoms with Crippen LogP contribution in [0.4, 0.5) is 0 Å². The van der Waals surface area contributed by atoms with Gasteiger partial charge >= 0.3 is 0 Å². The van der Waals surface area contributed by atoms with Gasteiger partial charge in [-0.15, -0.1) is 11.3 Å². The van der Waals surface area contributed by atoms with Crippen molar-refractivity contribution < 1.29 is 14.7 Å². The molecule has 21 heavy (non-hydrogen) atoms. The third-order valence-corrected chi connectivity index (χ3v) is 4.11. The molecular formula is C15H20N2O3S. The lowest BCUT2D eigenvalue weighted by Crippen LogP contribution is -2.43. The monoisotopic (exact) mass is 308 g/mol. The number of amides is 2. The summed E-state index contributed by atoms with van der Waals surface area (Å²) in [6.45, 7) is 5.44. The molecular weight excluding hydrogens is 288 g/mol. The second-order valence-electron chi connectivity index (χ2n) is 5.23. The molecule has 0 aliphatic rings. The first-order valence-corrected chi connectivity index (χ1v) is 7.34. The molecule has 0 saturated heterocycles. The van der Waals surface area contributed by atoms with Gasteiger partial charge in [-0.05, 0) is 32.4 Å². The second kappa shape index (κ2) is 7.25. The van der Waals surface area contributed by atoms with E-state index >= 15 is 0 Å². The number of nitrogens with one attached hydrogen (secondary N) is 2. The SMILES string of the molecule is CNC(=O)C(C)(C)CNC(=O)c1cc(C)c(C#CCO)s1. The van der Waals surface area contributed by atoms with E-state index < -0.39 is 5.41 Å². The van der Waals surface area contributed by atoms with Crippen LogP contribution in [0.15, 0.2) is 6.07 Å². The van der Waals surface area contributed by atoms with Gasteiger partial charge in [-0.25, -0.2) is 0 Å². The fourth-order valence-corrected chi connectivity index (χ4v) is 2.61. The van der Waals surface area contributed by atoms with Crippen LogP contribution in [0.1, 0.15) is 34.0 Å². The van der Waals surface area contributed by atoms with Crippen LogP contribution in [-0.2, 0) is 4.79 Å². The molecule has 1 rings (SSSR count). The minimum atomic E-state index is -0.670. The number of hydrogen-bond donors (Lipinski definition) is 3. The Hall–Kier alpha value is -1.84. The van der Waals surface area contributed by atoms with E-state index in [0.717, 1.165) is 10.4 Å². The molecule has 0 radical (unpaired) electrons. The van der Waals surface area contributed by atoms with Gasteiger partial charge in [-0.1, -0.05) is 11.8 Å². The normalized spacial score (nSPS) is 10.5. The van der Waals surface area contributed by atoms with E-state index in [-0.39, 0.29) is 25.0 Å². The lowest BCUT2D eigenvalue weighted by molar-refractivity contribution is -0.128. The van der Waals surface area contributed by atoms with Crippen molar-refractivity contribution in [3.8, 4) is 11.8 Å². The Bertz CT molecular complexity index is 594. The fraction of sp³-hybridized carbons (Fsp3) is 0.467. The van der Waals surface area contributed by atoms with Gasteiger partial charge in [0.25, 0.3) is 5.91 Å². The van der Waals surface area contributed by atoms with Gasteiger partial charge in [-0.2, -0.15) is 0 Å². The van der Waals surface area contributed by atoms with Gasteiger partial charge in [0.1, 0.15) is 6.61 Å². The molecule has 0 aromatic carbocycles. The van der Waals surface area contributed by atoms with Crippen molar-refractivity contribution in [1.82, 2.24) is 10.6 Å². The molecule has 114 valence electrons. The number of carbonyl (C=O) groups is 2. The minimum absolute atomic E-state index is 0.125. The first-order valence-electron chi connectivity index (χ1n) is 6.52. The largest absolute Gasteiger partial charge is 0.384 e. The first-order chi connectivity index (χ1) is 9.81. The highest BCUT2D eigenvalue weighted by atomic mass is 32.1. The van der Waals surface area contributed by atoms with Crippen LogP contribution in [0.5, 0.6) is 0 Å². The number of aryl methyl sites for hydroxylation is 1. The zero-order valence-electron chi connectivity index (χ0n) is 12.7. The number of aliphatic hydroxyl groups excluding tert-OH is 1. The van der Waals surface area contributed by atoms with Crippen molar-refractivity contribution in [3.05, 3.63) is 21.4 Å². The quantitative estimate of drug-likeness (QED) is 0.723. The number of thiophene rings is 1. The lowest BCUT2D eigenvalue weighted by Gasteiger charge is -2.22. The van der Waals surface area contributed by atoms with Gasteiger partial charge in [0.05, 0.1) is 15.2 Å². The third kappa shape index (κ3) is 4.59. The molecule has 0 bridgehead atoms. The first kappa shape index (κ1) is 17.2. The van der Waals surface area contributed by atoms with E-state index in [0.29, 0.717) is 4.88 Å². The molecule has 0 fully saturated rings. The molecule has 1 aromatic rings. The van der Waals surface area contributed by atoms with E-state index in [2.05, 4.69) is 22.5 Å². The molecule has 5 nitrogen and oxygen atoms in total. The molecule has 0 saturated carbocycles. The van der Waals surface area contributed by atoms with Gasteiger partial charge in [-0.3, -0.25) is 9.59 Å². The maximum atomic E-state index is 12.1. The molecule has 0 spiro atoms. The molecule has 6 heteroatoms. The van der Waals surface area contributed by atoms with E-state index in [1.807, 2.05) is 6.92 Å². The zero-order chi connectivity index (χ0) is 16.0. The second-order valence-corrected chi connectivity index (χ2v) is 6.28. The lowest BCUT2D eigenvalue weighted by atomic mass is 9.92. The van der Waals surface area contributed by atoms with E-state index in [1.165, 1.54) is 11.3 Å². The van der Waals surface area contributed by atoms with Gasteiger partial charge in [0, 0.05) is 13.6 Å². The maximum absolute atomic E-state index is 12.1. The highest BCUT2D eigenvalue weighted by molar-refractivity contribution is 7.14. The molecule has 2 amide bonds. The van der Waals surface area contributed by atoms with Crippen LogP contribution in [0.25, 0.3) is 0 Å². The highest BCUT2D eigenvalue weighted by Gasteiger charge is 2.27.